The summed E-state index contributed by atoms with van der Waals surface area (Å²) in [5.74, 6) is -1.00. The van der Waals surface area contributed by atoms with E-state index in [0.29, 0.717) is 5.57 Å². The molecule has 0 radical (unpaired) electrons. The van der Waals surface area contributed by atoms with Gasteiger partial charge in [-0.25, -0.2) is 9.59 Å². The summed E-state index contributed by atoms with van der Waals surface area (Å²) in [6, 6.07) is 0. The van der Waals surface area contributed by atoms with Crippen LogP contribution in [0.5, 0.6) is 0 Å². The molecular weight excluding hydrogens is 228 g/mol. The first kappa shape index (κ1) is 12.1. The summed E-state index contributed by atoms with van der Waals surface area (Å²) in [7, 11) is 1.27. The maximum atomic E-state index is 11.4. The number of hydrogen-bond donors (Lipinski definition) is 1. The van der Waals surface area contributed by atoms with Gasteiger partial charge in [0.2, 0.25) is 0 Å². The van der Waals surface area contributed by atoms with Gasteiger partial charge in [-0.1, -0.05) is 0 Å². The van der Waals surface area contributed by atoms with E-state index in [1.807, 2.05) is 0 Å². The van der Waals surface area contributed by atoms with Gasteiger partial charge in [-0.05, 0) is 13.0 Å². The van der Waals surface area contributed by atoms with Crippen LogP contribution in [0.3, 0.4) is 0 Å². The zero-order chi connectivity index (χ0) is 12.6. The van der Waals surface area contributed by atoms with Crippen molar-refractivity contribution in [3.05, 3.63) is 11.6 Å². The van der Waals surface area contributed by atoms with Crippen molar-refractivity contribution in [1.29, 1.82) is 0 Å². The lowest BCUT2D eigenvalue weighted by molar-refractivity contribution is -0.209. The predicted octanol–water partition coefficient (Wildman–Crippen LogP) is -0.451. The summed E-state index contributed by atoms with van der Waals surface area (Å²) in [5, 5.41) is 9.78. The molecule has 0 aromatic rings. The van der Waals surface area contributed by atoms with Gasteiger partial charge in [-0.2, -0.15) is 0 Å². The highest BCUT2D eigenvalue weighted by atomic mass is 16.6. The van der Waals surface area contributed by atoms with Crippen LogP contribution in [0.15, 0.2) is 11.6 Å². The number of ether oxygens (including phenoxy) is 3. The van der Waals surface area contributed by atoms with Crippen LogP contribution < -0.4 is 0 Å². The van der Waals surface area contributed by atoms with Gasteiger partial charge >= 0.3 is 11.9 Å². The van der Waals surface area contributed by atoms with Crippen LogP contribution >= 0.6 is 0 Å². The minimum absolute atomic E-state index is 0.270. The number of esters is 2. The highest BCUT2D eigenvalue weighted by molar-refractivity contribution is 5.89. The summed E-state index contributed by atoms with van der Waals surface area (Å²) in [6.45, 7) is 1.57. The third-order valence-electron chi connectivity index (χ3n) is 2.91. The Morgan fingerprint density at radius 3 is 2.94 bits per heavy atom. The van der Waals surface area contributed by atoms with Crippen LogP contribution in [0.2, 0.25) is 0 Å². The Labute approximate surface area is 98.1 Å². The highest BCUT2D eigenvalue weighted by Crippen LogP contribution is 2.29. The summed E-state index contributed by atoms with van der Waals surface area (Å²) >= 11 is 0. The van der Waals surface area contributed by atoms with Gasteiger partial charge in [0.05, 0.1) is 7.11 Å². The first-order chi connectivity index (χ1) is 8.02. The summed E-state index contributed by atoms with van der Waals surface area (Å²) in [6.07, 6.45) is -1.35. The van der Waals surface area contributed by atoms with E-state index in [1.165, 1.54) is 13.2 Å². The van der Waals surface area contributed by atoms with Crippen LogP contribution in [-0.4, -0.2) is 48.6 Å². The first-order valence-electron chi connectivity index (χ1n) is 5.36. The van der Waals surface area contributed by atoms with Crippen LogP contribution in [0.25, 0.3) is 0 Å². The SMILES string of the molecule is COC(=O)C1=C[C@@H](O)[C@@H]2OC(=O)[C@@H](C)O[C@H]2C1. The van der Waals surface area contributed by atoms with Crippen LogP contribution in [0.1, 0.15) is 13.3 Å². The second-order valence-electron chi connectivity index (χ2n) is 4.10. The van der Waals surface area contributed by atoms with E-state index in [4.69, 9.17) is 9.47 Å². The standard InChI is InChI=1S/C11H14O6/c1-5-10(13)17-9-7(12)3-6(11(14)15-2)4-8(9)16-5/h3,5,7-9,12H,4H2,1-2H3/t5-,7-,8+,9+/m1/s1. The average molecular weight is 242 g/mol. The van der Waals surface area contributed by atoms with E-state index in [0.717, 1.165) is 0 Å². The van der Waals surface area contributed by atoms with Crippen molar-refractivity contribution >= 4 is 11.9 Å². The lowest BCUT2D eigenvalue weighted by atomic mass is 9.91. The van der Waals surface area contributed by atoms with Gasteiger partial charge in [-0.15, -0.1) is 0 Å². The number of rotatable bonds is 1. The van der Waals surface area contributed by atoms with Crippen molar-refractivity contribution in [2.75, 3.05) is 7.11 Å². The molecule has 0 bridgehead atoms. The average Bonchev–Trinajstić information content (AvgIpc) is 2.30. The lowest BCUT2D eigenvalue weighted by Crippen LogP contribution is -2.52. The van der Waals surface area contributed by atoms with E-state index >= 15 is 0 Å². The van der Waals surface area contributed by atoms with E-state index in [1.54, 1.807) is 6.92 Å². The van der Waals surface area contributed by atoms with Gasteiger partial charge in [-0.3, -0.25) is 0 Å². The molecular formula is C11H14O6. The van der Waals surface area contributed by atoms with Crippen molar-refractivity contribution in [3.8, 4) is 0 Å². The second kappa shape index (κ2) is 4.46. The third-order valence-corrected chi connectivity index (χ3v) is 2.91. The molecule has 0 amide bonds. The molecule has 0 saturated carbocycles. The van der Waals surface area contributed by atoms with Crippen LogP contribution in [0, 0.1) is 0 Å². The lowest BCUT2D eigenvalue weighted by Gasteiger charge is -2.38. The quantitative estimate of drug-likeness (QED) is 0.627. The molecule has 0 aromatic heterocycles. The zero-order valence-electron chi connectivity index (χ0n) is 9.58. The Kier molecular flexibility index (Phi) is 3.17. The number of hydrogen-bond acceptors (Lipinski definition) is 6. The molecule has 1 heterocycles. The van der Waals surface area contributed by atoms with Crippen molar-refractivity contribution in [1.82, 2.24) is 0 Å². The van der Waals surface area contributed by atoms with Crippen molar-refractivity contribution in [2.24, 2.45) is 0 Å². The highest BCUT2D eigenvalue weighted by Gasteiger charge is 2.43. The maximum Gasteiger partial charge on any atom is 0.335 e. The zero-order valence-corrected chi connectivity index (χ0v) is 9.58. The molecule has 1 saturated heterocycles. The molecule has 1 aliphatic heterocycles. The Morgan fingerprint density at radius 1 is 1.59 bits per heavy atom. The van der Waals surface area contributed by atoms with E-state index in [-0.39, 0.29) is 6.42 Å². The van der Waals surface area contributed by atoms with Gasteiger partial charge in [0.25, 0.3) is 0 Å². The topological polar surface area (TPSA) is 82.1 Å². The minimum Gasteiger partial charge on any atom is -0.466 e. The Morgan fingerprint density at radius 2 is 2.29 bits per heavy atom. The summed E-state index contributed by atoms with van der Waals surface area (Å²) in [4.78, 5) is 22.7. The Bertz CT molecular complexity index is 374. The molecule has 6 heteroatoms. The fraction of sp³-hybridized carbons (Fsp3) is 0.636. The number of carbonyl (C=O) groups is 2. The van der Waals surface area contributed by atoms with E-state index in [9.17, 15) is 14.7 Å². The predicted molar refractivity (Wildman–Crippen MR) is 54.9 cm³/mol. The molecule has 17 heavy (non-hydrogen) atoms. The number of methoxy groups -OCH3 is 1. The van der Waals surface area contributed by atoms with Crippen LogP contribution in [-0.2, 0) is 23.8 Å². The molecule has 2 rings (SSSR count). The molecule has 1 aliphatic carbocycles. The van der Waals surface area contributed by atoms with Crippen molar-refractivity contribution in [2.45, 2.75) is 37.8 Å². The fourth-order valence-corrected chi connectivity index (χ4v) is 2.02. The smallest absolute Gasteiger partial charge is 0.335 e. The maximum absolute atomic E-state index is 11.4. The molecule has 4 atom stereocenters. The largest absolute Gasteiger partial charge is 0.466 e. The van der Waals surface area contributed by atoms with E-state index < -0.39 is 36.4 Å². The first-order valence-corrected chi connectivity index (χ1v) is 5.36. The number of carbonyl (C=O) groups excluding carboxylic acids is 2. The minimum atomic E-state index is -1.04. The molecule has 0 spiro atoms. The van der Waals surface area contributed by atoms with Gasteiger partial charge in [0.15, 0.2) is 12.2 Å². The molecule has 1 fully saturated rings. The van der Waals surface area contributed by atoms with E-state index in [2.05, 4.69) is 4.74 Å². The Hall–Kier alpha value is -1.40. The molecule has 94 valence electrons. The third kappa shape index (κ3) is 2.18. The van der Waals surface area contributed by atoms with Crippen LogP contribution in [0.4, 0.5) is 0 Å². The summed E-state index contributed by atoms with van der Waals surface area (Å²) in [5.41, 5.74) is 0.339. The second-order valence-corrected chi connectivity index (χ2v) is 4.10. The normalized spacial score (nSPS) is 36.6. The Balaban J connectivity index is 2.18. The summed E-state index contributed by atoms with van der Waals surface area (Å²) < 4.78 is 15.1. The molecule has 0 unspecified atom stereocenters. The molecule has 2 aliphatic rings. The molecule has 6 nitrogen and oxygen atoms in total. The van der Waals surface area contributed by atoms with Gasteiger partial charge < -0.3 is 19.3 Å². The van der Waals surface area contributed by atoms with Crippen molar-refractivity contribution < 1.29 is 28.9 Å². The number of fused-ring (bicyclic) bond motifs is 1. The van der Waals surface area contributed by atoms with Gasteiger partial charge in [0, 0.05) is 12.0 Å². The monoisotopic (exact) mass is 242 g/mol. The van der Waals surface area contributed by atoms with Crippen molar-refractivity contribution in [3.63, 3.8) is 0 Å². The van der Waals surface area contributed by atoms with Gasteiger partial charge in [0.1, 0.15) is 12.2 Å². The number of aliphatic hydroxyl groups is 1. The molecule has 0 aromatic carbocycles. The molecule has 1 N–H and O–H groups in total. The number of aliphatic hydroxyl groups excluding tert-OH is 1. The fourth-order valence-electron chi connectivity index (χ4n) is 2.02.